The van der Waals surface area contributed by atoms with Gasteiger partial charge in [0.2, 0.25) is 0 Å². The molecule has 0 aliphatic heterocycles. The lowest BCUT2D eigenvalue weighted by Gasteiger charge is -1.97. The van der Waals surface area contributed by atoms with Gasteiger partial charge in [0.25, 0.3) is 0 Å². The largest absolute Gasteiger partial charge is 0.461 e. The van der Waals surface area contributed by atoms with E-state index < -0.39 is 0 Å². The zero-order chi connectivity index (χ0) is 10.1. The summed E-state index contributed by atoms with van der Waals surface area (Å²) < 4.78 is 6.95. The minimum absolute atomic E-state index is 0.566. The third kappa shape index (κ3) is 1.11. The van der Waals surface area contributed by atoms with Crippen LogP contribution in [0.2, 0.25) is 0 Å². The van der Waals surface area contributed by atoms with Crippen molar-refractivity contribution in [1.82, 2.24) is 9.55 Å². The minimum atomic E-state index is 0.566. The molecule has 0 atom stereocenters. The van der Waals surface area contributed by atoms with Crippen molar-refractivity contribution in [2.45, 2.75) is 6.92 Å². The molecular weight excluding hydrogens is 178 g/mol. The molecule has 2 aromatic heterocycles. The van der Waals surface area contributed by atoms with Crippen molar-refractivity contribution >= 4 is 0 Å². The number of aromatic nitrogens is 2. The molecule has 0 radical (unpaired) electrons. The summed E-state index contributed by atoms with van der Waals surface area (Å²) in [5, 5.41) is 8.87. The maximum atomic E-state index is 8.87. The summed E-state index contributed by atoms with van der Waals surface area (Å²) in [5.74, 6) is 1.36. The summed E-state index contributed by atoms with van der Waals surface area (Å²) in [6.07, 6.45) is 1.59. The van der Waals surface area contributed by atoms with E-state index in [-0.39, 0.29) is 0 Å². The standard InChI is InChI=1S/C10H9N3O/c1-7-8(6-11)13(2)10(12-7)9-4-3-5-14-9/h3-5H,1-2H3. The molecule has 0 amide bonds. The molecule has 0 aliphatic rings. The fraction of sp³-hybridized carbons (Fsp3) is 0.200. The molecule has 4 nitrogen and oxygen atoms in total. The van der Waals surface area contributed by atoms with Gasteiger partial charge >= 0.3 is 0 Å². The third-order valence-corrected chi connectivity index (χ3v) is 2.12. The zero-order valence-electron chi connectivity index (χ0n) is 7.98. The van der Waals surface area contributed by atoms with Gasteiger partial charge in [-0.25, -0.2) is 4.98 Å². The lowest BCUT2D eigenvalue weighted by Crippen LogP contribution is -1.94. The van der Waals surface area contributed by atoms with Crippen LogP contribution < -0.4 is 0 Å². The van der Waals surface area contributed by atoms with Crippen LogP contribution in [0.1, 0.15) is 11.4 Å². The van der Waals surface area contributed by atoms with E-state index in [1.165, 1.54) is 0 Å². The van der Waals surface area contributed by atoms with Crippen molar-refractivity contribution in [3.63, 3.8) is 0 Å². The lowest BCUT2D eigenvalue weighted by molar-refractivity contribution is 0.573. The molecule has 2 heterocycles. The average Bonchev–Trinajstić information content (AvgIpc) is 2.74. The Bertz CT molecular complexity index is 488. The first-order valence-electron chi connectivity index (χ1n) is 4.21. The van der Waals surface area contributed by atoms with E-state index in [2.05, 4.69) is 11.1 Å². The number of hydrogen-bond donors (Lipinski definition) is 0. The van der Waals surface area contributed by atoms with E-state index in [0.29, 0.717) is 17.3 Å². The second-order valence-electron chi connectivity index (χ2n) is 3.02. The Morgan fingerprint density at radius 1 is 1.57 bits per heavy atom. The topological polar surface area (TPSA) is 54.8 Å². The third-order valence-electron chi connectivity index (χ3n) is 2.12. The minimum Gasteiger partial charge on any atom is -0.461 e. The van der Waals surface area contributed by atoms with E-state index in [4.69, 9.17) is 9.68 Å². The predicted molar refractivity (Wildman–Crippen MR) is 50.4 cm³/mol. The Morgan fingerprint density at radius 2 is 2.36 bits per heavy atom. The first kappa shape index (κ1) is 8.57. The molecule has 0 saturated heterocycles. The number of nitrogens with zero attached hydrogens (tertiary/aromatic N) is 3. The number of imidazole rings is 1. The van der Waals surface area contributed by atoms with Crippen molar-refractivity contribution in [1.29, 1.82) is 5.26 Å². The van der Waals surface area contributed by atoms with Crippen LogP contribution in [0.5, 0.6) is 0 Å². The van der Waals surface area contributed by atoms with Crippen molar-refractivity contribution < 1.29 is 4.42 Å². The molecule has 0 aliphatic carbocycles. The fourth-order valence-electron chi connectivity index (χ4n) is 1.42. The molecule has 2 rings (SSSR count). The van der Waals surface area contributed by atoms with E-state index >= 15 is 0 Å². The highest BCUT2D eigenvalue weighted by Gasteiger charge is 2.13. The van der Waals surface area contributed by atoms with Crippen LogP contribution >= 0.6 is 0 Å². The molecule has 70 valence electrons. The first-order chi connectivity index (χ1) is 6.74. The lowest BCUT2D eigenvalue weighted by atomic mass is 10.4. The maximum absolute atomic E-state index is 8.87. The van der Waals surface area contributed by atoms with Gasteiger partial charge in [-0.3, -0.25) is 0 Å². The second kappa shape index (κ2) is 3.04. The number of furan rings is 1. The highest BCUT2D eigenvalue weighted by molar-refractivity contribution is 5.51. The van der Waals surface area contributed by atoms with Crippen LogP contribution in [0, 0.1) is 18.3 Å². The number of rotatable bonds is 1. The van der Waals surface area contributed by atoms with Gasteiger partial charge in [-0.15, -0.1) is 0 Å². The normalized spacial score (nSPS) is 10.1. The molecule has 4 heteroatoms. The Labute approximate surface area is 81.4 Å². The molecular formula is C10H9N3O. The average molecular weight is 187 g/mol. The van der Waals surface area contributed by atoms with Crippen LogP contribution in [0.25, 0.3) is 11.6 Å². The smallest absolute Gasteiger partial charge is 0.177 e. The zero-order valence-corrected chi connectivity index (χ0v) is 7.98. The van der Waals surface area contributed by atoms with E-state index in [1.54, 1.807) is 23.9 Å². The molecule has 2 aromatic rings. The Kier molecular flexibility index (Phi) is 1.86. The molecule has 0 fully saturated rings. The van der Waals surface area contributed by atoms with Crippen molar-refractivity contribution in [2.24, 2.45) is 7.05 Å². The SMILES string of the molecule is Cc1nc(-c2ccco2)n(C)c1C#N. The number of aryl methyl sites for hydroxylation is 1. The van der Waals surface area contributed by atoms with Crippen LogP contribution in [-0.4, -0.2) is 9.55 Å². The summed E-state index contributed by atoms with van der Waals surface area (Å²) in [5.41, 5.74) is 1.29. The summed E-state index contributed by atoms with van der Waals surface area (Å²) in [6.45, 7) is 1.81. The molecule has 0 bridgehead atoms. The highest BCUT2D eigenvalue weighted by atomic mass is 16.3. The van der Waals surface area contributed by atoms with Gasteiger partial charge in [-0.2, -0.15) is 5.26 Å². The van der Waals surface area contributed by atoms with Gasteiger partial charge in [-0.05, 0) is 19.1 Å². The van der Waals surface area contributed by atoms with Crippen LogP contribution in [0.4, 0.5) is 0 Å². The highest BCUT2D eigenvalue weighted by Crippen LogP contribution is 2.20. The van der Waals surface area contributed by atoms with Gasteiger partial charge < -0.3 is 8.98 Å². The van der Waals surface area contributed by atoms with Crippen LogP contribution in [0.15, 0.2) is 22.8 Å². The summed E-state index contributed by atoms with van der Waals surface area (Å²) >= 11 is 0. The Balaban J connectivity index is 2.63. The van der Waals surface area contributed by atoms with Crippen molar-refractivity contribution in [2.75, 3.05) is 0 Å². The summed E-state index contributed by atoms with van der Waals surface area (Å²) in [6, 6.07) is 5.72. The molecule has 0 N–H and O–H groups in total. The van der Waals surface area contributed by atoms with E-state index in [0.717, 1.165) is 5.69 Å². The first-order valence-corrected chi connectivity index (χ1v) is 4.21. The Hall–Kier alpha value is -2.02. The molecule has 0 unspecified atom stereocenters. The Morgan fingerprint density at radius 3 is 2.86 bits per heavy atom. The molecule has 0 saturated carbocycles. The van der Waals surface area contributed by atoms with Gasteiger partial charge in [0, 0.05) is 7.05 Å². The van der Waals surface area contributed by atoms with Crippen LogP contribution in [0.3, 0.4) is 0 Å². The second-order valence-corrected chi connectivity index (χ2v) is 3.02. The molecule has 0 aromatic carbocycles. The van der Waals surface area contributed by atoms with Crippen molar-refractivity contribution in [3.8, 4) is 17.7 Å². The number of hydrogen-bond acceptors (Lipinski definition) is 3. The molecule has 14 heavy (non-hydrogen) atoms. The quantitative estimate of drug-likeness (QED) is 0.684. The van der Waals surface area contributed by atoms with Gasteiger partial charge in [0.1, 0.15) is 11.8 Å². The maximum Gasteiger partial charge on any atom is 0.177 e. The van der Waals surface area contributed by atoms with Gasteiger partial charge in [-0.1, -0.05) is 0 Å². The van der Waals surface area contributed by atoms with Gasteiger partial charge in [0.15, 0.2) is 11.6 Å². The fourth-order valence-corrected chi connectivity index (χ4v) is 1.42. The van der Waals surface area contributed by atoms with Crippen LogP contribution in [-0.2, 0) is 7.05 Å². The summed E-state index contributed by atoms with van der Waals surface area (Å²) in [7, 11) is 1.80. The summed E-state index contributed by atoms with van der Waals surface area (Å²) in [4.78, 5) is 4.27. The van der Waals surface area contributed by atoms with E-state index in [9.17, 15) is 0 Å². The van der Waals surface area contributed by atoms with Gasteiger partial charge in [0.05, 0.1) is 12.0 Å². The predicted octanol–water partition coefficient (Wildman–Crippen LogP) is 1.86. The van der Waals surface area contributed by atoms with E-state index in [1.807, 2.05) is 13.0 Å². The molecule has 0 spiro atoms. The van der Waals surface area contributed by atoms with Crippen molar-refractivity contribution in [3.05, 3.63) is 29.8 Å². The number of nitriles is 1. The monoisotopic (exact) mass is 187 g/mol.